The van der Waals surface area contributed by atoms with Gasteiger partial charge in [-0.25, -0.2) is 9.58 Å². The Bertz CT molecular complexity index is 1030. The molecule has 0 bridgehead atoms. The third-order valence-corrected chi connectivity index (χ3v) is 4.15. The van der Waals surface area contributed by atoms with Crippen molar-refractivity contribution >= 4 is 40.7 Å². The van der Waals surface area contributed by atoms with E-state index in [1.807, 2.05) is 0 Å². The molecule has 1 heterocycles. The lowest BCUT2D eigenvalue weighted by Crippen LogP contribution is -2.36. The van der Waals surface area contributed by atoms with Gasteiger partial charge in [0.25, 0.3) is 0 Å². The first kappa shape index (κ1) is 23.5. The predicted octanol–water partition coefficient (Wildman–Crippen LogP) is 5.01. The Labute approximate surface area is 174 Å². The van der Waals surface area contributed by atoms with E-state index in [1.54, 1.807) is 0 Å². The summed E-state index contributed by atoms with van der Waals surface area (Å²) in [5.74, 6) is -2.41. The lowest BCUT2D eigenvalue weighted by Gasteiger charge is -2.18. The van der Waals surface area contributed by atoms with E-state index in [-0.39, 0.29) is 4.90 Å². The van der Waals surface area contributed by atoms with Crippen LogP contribution in [0, 0.1) is 11.3 Å². The van der Waals surface area contributed by atoms with Crippen LogP contribution in [0.4, 0.5) is 32.0 Å². The number of amides is 2. The zero-order valence-electron chi connectivity index (χ0n) is 14.6. The van der Waals surface area contributed by atoms with Crippen LogP contribution in [0.25, 0.3) is 5.69 Å². The van der Waals surface area contributed by atoms with Crippen LogP contribution in [-0.4, -0.2) is 21.6 Å². The zero-order valence-corrected chi connectivity index (χ0v) is 16.1. The Balaban J connectivity index is 2.75. The largest absolute Gasteiger partial charge is 0.437 e. The van der Waals surface area contributed by atoms with Crippen LogP contribution in [0.3, 0.4) is 0 Å². The van der Waals surface area contributed by atoms with Crippen molar-refractivity contribution in [1.82, 2.24) is 9.78 Å². The summed E-state index contributed by atoms with van der Waals surface area (Å²) in [6, 6.07) is 2.27. The smallest absolute Gasteiger partial charge is 0.274 e. The summed E-state index contributed by atoms with van der Waals surface area (Å²) in [4.78, 5) is 23.9. The average Bonchev–Trinajstić information content (AvgIpc) is 2.98. The van der Waals surface area contributed by atoms with Crippen LogP contribution in [-0.2, 0) is 21.9 Å². The molecule has 6 nitrogen and oxygen atoms in total. The molecule has 0 saturated carbocycles. The molecule has 0 spiro atoms. The minimum absolute atomic E-state index is 0.0848. The highest BCUT2D eigenvalue weighted by atomic mass is 35.5. The van der Waals surface area contributed by atoms with Gasteiger partial charge in [0.05, 0.1) is 27.9 Å². The van der Waals surface area contributed by atoms with Crippen molar-refractivity contribution in [3.05, 3.63) is 39.6 Å². The van der Waals surface area contributed by atoms with E-state index in [0.717, 1.165) is 6.92 Å². The minimum atomic E-state index is -5.17. The summed E-state index contributed by atoms with van der Waals surface area (Å²) in [6.45, 7) is 0.783. The van der Waals surface area contributed by atoms with Crippen LogP contribution in [0.2, 0.25) is 10.0 Å². The monoisotopic (exact) mass is 472 g/mol. The van der Waals surface area contributed by atoms with Crippen LogP contribution < -0.4 is 4.90 Å². The molecule has 0 aliphatic heterocycles. The standard InChI is InChI=1S/C16H8Cl2F6N4O2/c1-7(29)28(12(30)2-3-25)11-6-27(26-14(11)16(22,23)24)13-9(17)4-8(5-10(13)18)15(19,20)21/h4-6H,2H2,1H3. The molecule has 0 radical (unpaired) electrons. The van der Waals surface area contributed by atoms with Crippen molar-refractivity contribution in [2.24, 2.45) is 0 Å². The van der Waals surface area contributed by atoms with Gasteiger partial charge in [-0.3, -0.25) is 9.59 Å². The van der Waals surface area contributed by atoms with Gasteiger partial charge in [0.2, 0.25) is 11.8 Å². The molecule has 160 valence electrons. The number of alkyl halides is 6. The topological polar surface area (TPSA) is 79.0 Å². The van der Waals surface area contributed by atoms with Gasteiger partial charge in [-0.2, -0.15) is 36.7 Å². The molecular weight excluding hydrogens is 465 g/mol. The number of hydrogen-bond acceptors (Lipinski definition) is 4. The van der Waals surface area contributed by atoms with Gasteiger partial charge in [-0.15, -0.1) is 0 Å². The number of rotatable bonds is 3. The lowest BCUT2D eigenvalue weighted by atomic mass is 10.2. The third-order valence-electron chi connectivity index (χ3n) is 3.57. The SMILES string of the molecule is CC(=O)N(C(=O)CC#N)c1cn(-c2c(Cl)cc(C(F)(F)F)cc2Cl)nc1C(F)(F)F. The molecule has 2 rings (SSSR count). The number of aromatic nitrogens is 2. The normalized spacial score (nSPS) is 11.9. The van der Waals surface area contributed by atoms with Crippen molar-refractivity contribution in [2.45, 2.75) is 25.7 Å². The van der Waals surface area contributed by atoms with Crippen molar-refractivity contribution in [3.8, 4) is 11.8 Å². The number of benzene rings is 1. The highest BCUT2D eigenvalue weighted by molar-refractivity contribution is 6.37. The minimum Gasteiger partial charge on any atom is -0.274 e. The fourth-order valence-electron chi connectivity index (χ4n) is 2.42. The lowest BCUT2D eigenvalue weighted by molar-refractivity contribution is -0.141. The quantitative estimate of drug-likeness (QED) is 0.588. The van der Waals surface area contributed by atoms with E-state index in [2.05, 4.69) is 5.10 Å². The molecule has 0 fully saturated rings. The maximum Gasteiger partial charge on any atom is 0.437 e. The average molecular weight is 473 g/mol. The van der Waals surface area contributed by atoms with E-state index >= 15 is 0 Å². The maximum absolute atomic E-state index is 13.5. The van der Waals surface area contributed by atoms with Crippen molar-refractivity contribution in [3.63, 3.8) is 0 Å². The molecule has 2 amide bonds. The first-order valence-corrected chi connectivity index (χ1v) is 8.38. The first-order valence-electron chi connectivity index (χ1n) is 7.62. The second-order valence-electron chi connectivity index (χ2n) is 5.67. The Kier molecular flexibility index (Phi) is 6.39. The molecule has 30 heavy (non-hydrogen) atoms. The molecule has 0 saturated heterocycles. The molecule has 0 unspecified atom stereocenters. The molecule has 14 heteroatoms. The van der Waals surface area contributed by atoms with Crippen LogP contribution in [0.15, 0.2) is 18.3 Å². The Hall–Kier alpha value is -2.78. The van der Waals surface area contributed by atoms with Gasteiger partial charge in [0.15, 0.2) is 5.69 Å². The van der Waals surface area contributed by atoms with Crippen molar-refractivity contribution < 1.29 is 35.9 Å². The van der Waals surface area contributed by atoms with E-state index < -0.39 is 63.3 Å². The Morgan fingerprint density at radius 3 is 2.07 bits per heavy atom. The summed E-state index contributed by atoms with van der Waals surface area (Å²) in [5, 5.41) is 10.5. The van der Waals surface area contributed by atoms with Crippen molar-refractivity contribution in [1.29, 1.82) is 5.26 Å². The number of carbonyl (C=O) groups excluding carboxylic acids is 2. The molecule has 1 aromatic carbocycles. The summed E-state index contributed by atoms with van der Waals surface area (Å²) >= 11 is 11.6. The first-order chi connectivity index (χ1) is 13.7. The highest BCUT2D eigenvalue weighted by Gasteiger charge is 2.41. The third kappa shape index (κ3) is 4.68. The molecule has 0 aliphatic rings. The number of halogens is 8. The summed E-state index contributed by atoms with van der Waals surface area (Å²) in [5.41, 5.74) is -4.54. The molecule has 0 N–H and O–H groups in total. The van der Waals surface area contributed by atoms with Gasteiger partial charge in [0.1, 0.15) is 17.8 Å². The van der Waals surface area contributed by atoms with Gasteiger partial charge >= 0.3 is 12.4 Å². The second-order valence-corrected chi connectivity index (χ2v) is 6.49. The molecule has 2 aromatic rings. The van der Waals surface area contributed by atoms with Gasteiger partial charge in [0, 0.05) is 6.92 Å². The Morgan fingerprint density at radius 1 is 1.13 bits per heavy atom. The van der Waals surface area contributed by atoms with E-state index in [4.69, 9.17) is 28.5 Å². The van der Waals surface area contributed by atoms with Gasteiger partial charge < -0.3 is 0 Å². The molecule has 0 atom stereocenters. The summed E-state index contributed by atoms with van der Waals surface area (Å²) in [7, 11) is 0. The fourth-order valence-corrected chi connectivity index (χ4v) is 3.08. The molecular formula is C16H8Cl2F6N4O2. The van der Waals surface area contributed by atoms with E-state index in [9.17, 15) is 35.9 Å². The number of carbonyl (C=O) groups is 2. The van der Waals surface area contributed by atoms with Gasteiger partial charge in [-0.1, -0.05) is 23.2 Å². The predicted molar refractivity (Wildman–Crippen MR) is 92.0 cm³/mol. The summed E-state index contributed by atoms with van der Waals surface area (Å²) in [6.07, 6.45) is -10.4. The molecule has 0 aliphatic carbocycles. The zero-order chi connectivity index (χ0) is 23.0. The van der Waals surface area contributed by atoms with Crippen LogP contribution >= 0.6 is 23.2 Å². The number of nitriles is 1. The van der Waals surface area contributed by atoms with Crippen LogP contribution in [0.5, 0.6) is 0 Å². The van der Waals surface area contributed by atoms with Crippen molar-refractivity contribution in [2.75, 3.05) is 4.90 Å². The Morgan fingerprint density at radius 2 is 1.67 bits per heavy atom. The number of hydrogen-bond donors (Lipinski definition) is 0. The highest BCUT2D eigenvalue weighted by Crippen LogP contribution is 2.40. The number of nitrogens with zero attached hydrogens (tertiary/aromatic N) is 4. The maximum atomic E-state index is 13.5. The fraction of sp³-hybridized carbons (Fsp3) is 0.250. The number of anilines is 1. The summed E-state index contributed by atoms with van der Waals surface area (Å²) < 4.78 is 79.4. The van der Waals surface area contributed by atoms with E-state index in [1.165, 1.54) is 6.07 Å². The van der Waals surface area contributed by atoms with Gasteiger partial charge in [-0.05, 0) is 12.1 Å². The second kappa shape index (κ2) is 8.16. The number of imide groups is 1. The van der Waals surface area contributed by atoms with Crippen LogP contribution in [0.1, 0.15) is 24.6 Å². The van der Waals surface area contributed by atoms with E-state index in [0.29, 0.717) is 23.0 Å². The molecule has 1 aromatic heterocycles.